The Morgan fingerprint density at radius 1 is 1.50 bits per heavy atom. The summed E-state index contributed by atoms with van der Waals surface area (Å²) < 4.78 is 7.41. The molecule has 0 spiro atoms. The number of nitrogens with two attached hydrogens (primary N) is 1. The summed E-state index contributed by atoms with van der Waals surface area (Å²) in [4.78, 5) is 0. The monoisotopic (exact) mass is 192 g/mol. The summed E-state index contributed by atoms with van der Waals surface area (Å²) in [5.74, 6) is 0. The maximum Gasteiger partial charge on any atom is 0.0603 e. The van der Waals surface area contributed by atoms with E-state index in [1.165, 1.54) is 0 Å². The lowest BCUT2D eigenvalue weighted by molar-refractivity contribution is 0.0769. The minimum atomic E-state index is 0.142. The van der Waals surface area contributed by atoms with Crippen molar-refractivity contribution in [3.05, 3.63) is 0 Å². The van der Waals surface area contributed by atoms with Crippen LogP contribution in [0.2, 0.25) is 0 Å². The molecule has 1 saturated heterocycles. The van der Waals surface area contributed by atoms with E-state index in [0.717, 1.165) is 26.3 Å². The highest BCUT2D eigenvalue weighted by Gasteiger charge is 2.15. The molecule has 1 heterocycles. The van der Waals surface area contributed by atoms with Gasteiger partial charge in [0.2, 0.25) is 0 Å². The van der Waals surface area contributed by atoms with Crippen LogP contribution in [0.5, 0.6) is 0 Å². The molecule has 0 bridgehead atoms. The number of nitrogens with zero attached hydrogens (tertiary/aromatic N) is 1. The van der Waals surface area contributed by atoms with E-state index in [1.807, 2.05) is 0 Å². The van der Waals surface area contributed by atoms with Gasteiger partial charge in [-0.1, -0.05) is 11.9 Å². The summed E-state index contributed by atoms with van der Waals surface area (Å²) in [6, 6.07) is 0. The predicted octanol–water partition coefficient (Wildman–Crippen LogP) is -0.714. The molecule has 0 saturated carbocycles. The first-order chi connectivity index (χ1) is 5.86. The highest BCUT2D eigenvalue weighted by molar-refractivity contribution is 7.97. The first-order valence-corrected chi connectivity index (χ1v) is 5.01. The quantitative estimate of drug-likeness (QED) is 0.576. The van der Waals surface area contributed by atoms with Crippen molar-refractivity contribution in [2.75, 3.05) is 39.5 Å². The smallest absolute Gasteiger partial charge is 0.0603 e. The average Bonchev–Trinajstić information content (AvgIpc) is 2.16. The molecule has 0 aromatic carbocycles. The zero-order chi connectivity index (χ0) is 8.81. The minimum absolute atomic E-state index is 0.142. The van der Waals surface area contributed by atoms with Crippen molar-refractivity contribution in [1.82, 2.24) is 4.31 Å². The normalized spacial score (nSPS) is 22.5. The van der Waals surface area contributed by atoms with Crippen LogP contribution in [-0.4, -0.2) is 54.1 Å². The van der Waals surface area contributed by atoms with Gasteiger partial charge in [0.25, 0.3) is 0 Å². The number of hydrogen-bond donors (Lipinski definition) is 2. The largest absolute Gasteiger partial charge is 0.395 e. The van der Waals surface area contributed by atoms with Gasteiger partial charge >= 0.3 is 0 Å². The van der Waals surface area contributed by atoms with E-state index >= 15 is 0 Å². The summed E-state index contributed by atoms with van der Waals surface area (Å²) in [7, 11) is 0. The van der Waals surface area contributed by atoms with E-state index in [9.17, 15) is 0 Å². The summed E-state index contributed by atoms with van der Waals surface area (Å²) >= 11 is 1.64. The number of aliphatic hydroxyl groups is 1. The fraction of sp³-hybridized carbons (Fsp3) is 1.00. The Morgan fingerprint density at radius 3 is 2.67 bits per heavy atom. The van der Waals surface area contributed by atoms with E-state index in [0.29, 0.717) is 6.54 Å². The second-order valence-electron chi connectivity index (χ2n) is 2.69. The Kier molecular flexibility index (Phi) is 4.94. The molecule has 0 radical (unpaired) electrons. The van der Waals surface area contributed by atoms with E-state index in [4.69, 9.17) is 15.6 Å². The Morgan fingerprint density at radius 2 is 2.17 bits per heavy atom. The minimum Gasteiger partial charge on any atom is -0.395 e. The maximum atomic E-state index is 8.90. The highest BCUT2D eigenvalue weighted by Crippen LogP contribution is 2.16. The lowest BCUT2D eigenvalue weighted by Gasteiger charge is -2.28. The molecule has 1 atom stereocenters. The molecule has 0 amide bonds. The van der Waals surface area contributed by atoms with Crippen molar-refractivity contribution in [3.8, 4) is 0 Å². The maximum absolute atomic E-state index is 8.90. The molecule has 0 aliphatic carbocycles. The molecular formula is C7H16N2O2S. The number of ether oxygens (including phenoxy) is 1. The summed E-state index contributed by atoms with van der Waals surface area (Å²) in [5, 5.41) is 9.04. The van der Waals surface area contributed by atoms with Crippen molar-refractivity contribution in [1.29, 1.82) is 0 Å². The third kappa shape index (κ3) is 3.28. The third-order valence-corrected chi connectivity index (χ3v) is 3.04. The second kappa shape index (κ2) is 5.77. The van der Waals surface area contributed by atoms with Crippen LogP contribution in [0.4, 0.5) is 0 Å². The highest BCUT2D eigenvalue weighted by atomic mass is 32.2. The van der Waals surface area contributed by atoms with Gasteiger partial charge in [-0.15, -0.1) is 0 Å². The second-order valence-corrected chi connectivity index (χ2v) is 4.08. The Hall–Kier alpha value is 0.190. The first kappa shape index (κ1) is 10.3. The molecule has 12 heavy (non-hydrogen) atoms. The summed E-state index contributed by atoms with van der Waals surface area (Å²) in [5.41, 5.74) is 5.46. The van der Waals surface area contributed by atoms with Crippen LogP contribution in [0.3, 0.4) is 0 Å². The molecule has 1 aliphatic heterocycles. The van der Waals surface area contributed by atoms with E-state index < -0.39 is 0 Å². The van der Waals surface area contributed by atoms with Crippen LogP contribution in [-0.2, 0) is 4.74 Å². The molecule has 1 fully saturated rings. The SMILES string of the molecule is NCC(CO)SN1CCOCC1. The average molecular weight is 192 g/mol. The molecule has 4 nitrogen and oxygen atoms in total. The van der Waals surface area contributed by atoms with Gasteiger partial charge in [0.15, 0.2) is 0 Å². The number of aliphatic hydroxyl groups excluding tert-OH is 1. The van der Waals surface area contributed by atoms with Gasteiger partial charge in [-0.25, -0.2) is 4.31 Å². The van der Waals surface area contributed by atoms with Gasteiger partial charge in [-0.2, -0.15) is 0 Å². The van der Waals surface area contributed by atoms with Crippen LogP contribution >= 0.6 is 11.9 Å². The van der Waals surface area contributed by atoms with Gasteiger partial charge in [0.05, 0.1) is 25.1 Å². The van der Waals surface area contributed by atoms with Gasteiger partial charge in [0.1, 0.15) is 0 Å². The van der Waals surface area contributed by atoms with Gasteiger partial charge in [-0.3, -0.25) is 0 Å². The Bertz CT molecular complexity index is 116. The molecule has 3 N–H and O–H groups in total. The van der Waals surface area contributed by atoms with Gasteiger partial charge < -0.3 is 15.6 Å². The fourth-order valence-corrected chi connectivity index (χ4v) is 1.95. The van der Waals surface area contributed by atoms with Crippen LogP contribution in [0.15, 0.2) is 0 Å². The number of rotatable bonds is 4. The zero-order valence-corrected chi connectivity index (χ0v) is 7.92. The van der Waals surface area contributed by atoms with Crippen LogP contribution < -0.4 is 5.73 Å². The molecule has 1 aliphatic rings. The number of morpholine rings is 1. The van der Waals surface area contributed by atoms with Crippen LogP contribution in [0.1, 0.15) is 0 Å². The van der Waals surface area contributed by atoms with Crippen molar-refractivity contribution in [2.24, 2.45) is 5.73 Å². The predicted molar refractivity (Wildman–Crippen MR) is 49.9 cm³/mol. The van der Waals surface area contributed by atoms with Crippen molar-refractivity contribution < 1.29 is 9.84 Å². The fourth-order valence-electron chi connectivity index (χ4n) is 1.01. The lowest BCUT2D eigenvalue weighted by Crippen LogP contribution is -2.35. The van der Waals surface area contributed by atoms with Crippen molar-refractivity contribution >= 4 is 11.9 Å². The zero-order valence-electron chi connectivity index (χ0n) is 7.11. The van der Waals surface area contributed by atoms with E-state index in [1.54, 1.807) is 11.9 Å². The summed E-state index contributed by atoms with van der Waals surface area (Å²) in [6.45, 7) is 4.12. The van der Waals surface area contributed by atoms with E-state index in [-0.39, 0.29) is 11.9 Å². The van der Waals surface area contributed by atoms with E-state index in [2.05, 4.69) is 4.31 Å². The molecule has 0 aromatic heterocycles. The Labute approximate surface area is 77.2 Å². The molecule has 1 unspecified atom stereocenters. The molecular weight excluding hydrogens is 176 g/mol. The lowest BCUT2D eigenvalue weighted by atomic mass is 10.5. The molecule has 0 aromatic rings. The first-order valence-electron chi connectivity index (χ1n) is 4.17. The topological polar surface area (TPSA) is 58.7 Å². The standard InChI is InChI=1S/C7H16N2O2S/c8-5-7(6-10)12-9-1-3-11-4-2-9/h7,10H,1-6,8H2. The van der Waals surface area contributed by atoms with Crippen molar-refractivity contribution in [2.45, 2.75) is 5.25 Å². The molecule has 72 valence electrons. The number of hydrogen-bond acceptors (Lipinski definition) is 5. The van der Waals surface area contributed by atoms with Gasteiger partial charge in [0, 0.05) is 19.6 Å². The van der Waals surface area contributed by atoms with Crippen LogP contribution in [0, 0.1) is 0 Å². The summed E-state index contributed by atoms with van der Waals surface area (Å²) in [6.07, 6.45) is 0. The van der Waals surface area contributed by atoms with Crippen LogP contribution in [0.25, 0.3) is 0 Å². The van der Waals surface area contributed by atoms with Gasteiger partial charge in [-0.05, 0) is 0 Å². The molecule has 1 rings (SSSR count). The third-order valence-electron chi connectivity index (χ3n) is 1.73. The Balaban J connectivity index is 2.18. The van der Waals surface area contributed by atoms with Crippen molar-refractivity contribution in [3.63, 3.8) is 0 Å². The molecule has 5 heteroatoms.